The third-order valence-corrected chi connectivity index (χ3v) is 2.41. The first-order valence-corrected chi connectivity index (χ1v) is 4.72. The Morgan fingerprint density at radius 2 is 1.86 bits per heavy atom. The fourth-order valence-electron chi connectivity index (χ4n) is 1.27. The highest BCUT2D eigenvalue weighted by molar-refractivity contribution is 6.02. The molecule has 1 atom stereocenters. The van der Waals surface area contributed by atoms with Crippen molar-refractivity contribution in [1.82, 2.24) is 0 Å². The van der Waals surface area contributed by atoms with Crippen LogP contribution in [0.2, 0.25) is 0 Å². The molecule has 0 aromatic rings. The minimum Gasteiger partial charge on any atom is -0.468 e. The molecule has 0 radical (unpaired) electrons. The van der Waals surface area contributed by atoms with Crippen molar-refractivity contribution in [2.45, 2.75) is 27.2 Å². The number of rotatable bonds is 6. The predicted octanol–water partition coefficient (Wildman–Crippen LogP) is 1.18. The fraction of sp³-hybridized carbons (Fsp3) is 0.800. The van der Waals surface area contributed by atoms with Crippen LogP contribution in [0.25, 0.3) is 0 Å². The number of ketones is 1. The van der Waals surface area contributed by atoms with Crippen LogP contribution in [0.1, 0.15) is 27.2 Å². The standard InChI is InChI=1S/C10H18O4/c1-5-10(8(3)11,7-14-6-2)9(12)13-4/h5-7H2,1-4H3. The molecule has 0 aliphatic rings. The van der Waals surface area contributed by atoms with E-state index in [1.807, 2.05) is 6.92 Å². The summed E-state index contributed by atoms with van der Waals surface area (Å²) in [5.74, 6) is -0.721. The van der Waals surface area contributed by atoms with Crippen molar-refractivity contribution in [2.24, 2.45) is 5.41 Å². The van der Waals surface area contributed by atoms with Gasteiger partial charge in [-0.3, -0.25) is 9.59 Å². The highest BCUT2D eigenvalue weighted by Crippen LogP contribution is 2.25. The Balaban J connectivity index is 4.78. The molecule has 0 aromatic carbocycles. The average Bonchev–Trinajstić information content (AvgIpc) is 2.18. The normalized spacial score (nSPS) is 14.6. The SMILES string of the molecule is CCOCC(CC)(C(C)=O)C(=O)OC. The summed E-state index contributed by atoms with van der Waals surface area (Å²) in [5.41, 5.74) is -1.12. The molecule has 0 N–H and O–H groups in total. The molecule has 0 saturated heterocycles. The van der Waals surface area contributed by atoms with E-state index in [-0.39, 0.29) is 12.4 Å². The zero-order chi connectivity index (χ0) is 11.2. The first-order valence-electron chi connectivity index (χ1n) is 4.72. The summed E-state index contributed by atoms with van der Waals surface area (Å²) in [6.45, 7) is 5.56. The molecule has 82 valence electrons. The summed E-state index contributed by atoms with van der Waals surface area (Å²) in [6, 6.07) is 0. The molecule has 1 unspecified atom stereocenters. The lowest BCUT2D eigenvalue weighted by Crippen LogP contribution is -2.42. The van der Waals surface area contributed by atoms with E-state index in [1.54, 1.807) is 6.92 Å². The summed E-state index contributed by atoms with van der Waals surface area (Å²) in [5, 5.41) is 0. The molecule has 0 rings (SSSR count). The lowest BCUT2D eigenvalue weighted by atomic mass is 9.82. The van der Waals surface area contributed by atoms with Gasteiger partial charge in [0.25, 0.3) is 0 Å². The van der Waals surface area contributed by atoms with Gasteiger partial charge in [-0.05, 0) is 20.3 Å². The molecule has 0 amide bonds. The van der Waals surface area contributed by atoms with E-state index in [2.05, 4.69) is 4.74 Å². The molecule has 4 heteroatoms. The highest BCUT2D eigenvalue weighted by atomic mass is 16.5. The maximum atomic E-state index is 11.5. The Hall–Kier alpha value is -0.900. The van der Waals surface area contributed by atoms with E-state index in [9.17, 15) is 9.59 Å². The van der Waals surface area contributed by atoms with Crippen LogP contribution < -0.4 is 0 Å². The van der Waals surface area contributed by atoms with Crippen LogP contribution >= 0.6 is 0 Å². The van der Waals surface area contributed by atoms with Gasteiger partial charge in [-0.1, -0.05) is 6.92 Å². The number of Topliss-reactive ketones (excluding diaryl/α,β-unsaturated/α-hetero) is 1. The Kier molecular flexibility index (Phi) is 5.38. The number of carbonyl (C=O) groups excluding carboxylic acids is 2. The van der Waals surface area contributed by atoms with Crippen molar-refractivity contribution in [2.75, 3.05) is 20.3 Å². The van der Waals surface area contributed by atoms with Gasteiger partial charge in [0, 0.05) is 6.61 Å². The molecule has 0 aliphatic carbocycles. The fourth-order valence-corrected chi connectivity index (χ4v) is 1.27. The summed E-state index contributed by atoms with van der Waals surface area (Å²) in [7, 11) is 1.28. The van der Waals surface area contributed by atoms with E-state index in [1.165, 1.54) is 14.0 Å². The quantitative estimate of drug-likeness (QED) is 0.479. The molecule has 0 fully saturated rings. The second-order valence-corrected chi connectivity index (χ2v) is 3.12. The smallest absolute Gasteiger partial charge is 0.321 e. The number of ether oxygens (including phenoxy) is 2. The van der Waals surface area contributed by atoms with Gasteiger partial charge in [-0.25, -0.2) is 0 Å². The number of carbonyl (C=O) groups is 2. The van der Waals surface area contributed by atoms with Gasteiger partial charge in [-0.2, -0.15) is 0 Å². The van der Waals surface area contributed by atoms with E-state index in [0.717, 1.165) is 0 Å². The van der Waals surface area contributed by atoms with Gasteiger partial charge in [0.1, 0.15) is 11.2 Å². The van der Waals surface area contributed by atoms with Crippen molar-refractivity contribution in [3.63, 3.8) is 0 Å². The monoisotopic (exact) mass is 202 g/mol. The molecule has 0 heterocycles. The van der Waals surface area contributed by atoms with E-state index < -0.39 is 11.4 Å². The summed E-state index contributed by atoms with van der Waals surface area (Å²) in [4.78, 5) is 22.9. The van der Waals surface area contributed by atoms with Crippen LogP contribution in [0.15, 0.2) is 0 Å². The minimum absolute atomic E-state index is 0.0992. The van der Waals surface area contributed by atoms with Gasteiger partial charge >= 0.3 is 5.97 Å². The van der Waals surface area contributed by atoms with Crippen LogP contribution in [-0.2, 0) is 19.1 Å². The second kappa shape index (κ2) is 5.75. The molecule has 0 aromatic heterocycles. The zero-order valence-corrected chi connectivity index (χ0v) is 9.25. The highest BCUT2D eigenvalue weighted by Gasteiger charge is 2.43. The topological polar surface area (TPSA) is 52.6 Å². The molecule has 0 bridgehead atoms. The third kappa shape index (κ3) is 2.54. The molecule has 0 aliphatic heterocycles. The van der Waals surface area contributed by atoms with Crippen LogP contribution in [0.4, 0.5) is 0 Å². The Labute approximate surface area is 84.6 Å². The minimum atomic E-state index is -1.12. The van der Waals surface area contributed by atoms with Crippen LogP contribution in [-0.4, -0.2) is 32.1 Å². The molecular weight excluding hydrogens is 184 g/mol. The summed E-state index contributed by atoms with van der Waals surface area (Å²) in [6.07, 6.45) is 0.398. The number of methoxy groups -OCH3 is 1. The van der Waals surface area contributed by atoms with E-state index in [4.69, 9.17) is 4.74 Å². The Morgan fingerprint density at radius 1 is 1.29 bits per heavy atom. The predicted molar refractivity (Wildman–Crippen MR) is 51.9 cm³/mol. The van der Waals surface area contributed by atoms with Crippen molar-refractivity contribution in [3.05, 3.63) is 0 Å². The lowest BCUT2D eigenvalue weighted by Gasteiger charge is -2.26. The van der Waals surface area contributed by atoms with Crippen molar-refractivity contribution in [3.8, 4) is 0 Å². The zero-order valence-electron chi connectivity index (χ0n) is 9.25. The maximum Gasteiger partial charge on any atom is 0.321 e. The Morgan fingerprint density at radius 3 is 2.14 bits per heavy atom. The average molecular weight is 202 g/mol. The lowest BCUT2D eigenvalue weighted by molar-refractivity contribution is -0.162. The van der Waals surface area contributed by atoms with Crippen LogP contribution in [0, 0.1) is 5.41 Å². The molecular formula is C10H18O4. The number of hydrogen-bond acceptors (Lipinski definition) is 4. The van der Waals surface area contributed by atoms with Crippen molar-refractivity contribution in [1.29, 1.82) is 0 Å². The van der Waals surface area contributed by atoms with Gasteiger partial charge in [0.2, 0.25) is 0 Å². The van der Waals surface area contributed by atoms with Crippen LogP contribution in [0.5, 0.6) is 0 Å². The summed E-state index contributed by atoms with van der Waals surface area (Å²) < 4.78 is 9.78. The van der Waals surface area contributed by atoms with Gasteiger partial charge in [0.05, 0.1) is 13.7 Å². The molecule has 4 nitrogen and oxygen atoms in total. The van der Waals surface area contributed by atoms with Gasteiger partial charge < -0.3 is 9.47 Å². The van der Waals surface area contributed by atoms with E-state index in [0.29, 0.717) is 13.0 Å². The maximum absolute atomic E-state index is 11.5. The first-order chi connectivity index (χ1) is 6.55. The van der Waals surface area contributed by atoms with Crippen molar-refractivity contribution >= 4 is 11.8 Å². The van der Waals surface area contributed by atoms with Gasteiger partial charge in [-0.15, -0.1) is 0 Å². The molecule has 14 heavy (non-hydrogen) atoms. The summed E-state index contributed by atoms with van der Waals surface area (Å²) >= 11 is 0. The second-order valence-electron chi connectivity index (χ2n) is 3.12. The molecule has 0 spiro atoms. The number of esters is 1. The van der Waals surface area contributed by atoms with Gasteiger partial charge in [0.15, 0.2) is 0 Å². The largest absolute Gasteiger partial charge is 0.468 e. The molecule has 0 saturated carbocycles. The van der Waals surface area contributed by atoms with E-state index >= 15 is 0 Å². The first kappa shape index (κ1) is 13.1. The Bertz CT molecular complexity index is 212. The van der Waals surface area contributed by atoms with Crippen molar-refractivity contribution < 1.29 is 19.1 Å². The number of hydrogen-bond donors (Lipinski definition) is 0. The van der Waals surface area contributed by atoms with Crippen LogP contribution in [0.3, 0.4) is 0 Å². The third-order valence-electron chi connectivity index (χ3n) is 2.41.